The first-order valence-corrected chi connectivity index (χ1v) is 10.5. The van der Waals surface area contributed by atoms with E-state index in [0.717, 1.165) is 16.7 Å². The van der Waals surface area contributed by atoms with E-state index in [-0.39, 0.29) is 5.82 Å². The third kappa shape index (κ3) is 4.59. The van der Waals surface area contributed by atoms with E-state index in [4.69, 9.17) is 34.8 Å². The number of carbonyl (C=O) groups excluding carboxylic acids is 1. The minimum atomic E-state index is -0.457. The SMILES string of the molecule is Cc1ccc(NC(=O)c2nc(-c3cccc(Cl)c3)n(-c3cc(Cl)ccc3C)n2)cc1Cl. The number of aromatic nitrogens is 3. The van der Waals surface area contributed by atoms with Crippen molar-refractivity contribution in [3.8, 4) is 17.1 Å². The van der Waals surface area contributed by atoms with Gasteiger partial charge in [0.15, 0.2) is 5.82 Å². The van der Waals surface area contributed by atoms with Gasteiger partial charge in [-0.2, -0.15) is 0 Å². The first-order valence-electron chi connectivity index (χ1n) is 9.39. The molecule has 0 aliphatic heterocycles. The van der Waals surface area contributed by atoms with E-state index in [1.165, 1.54) is 0 Å². The van der Waals surface area contributed by atoms with E-state index in [2.05, 4.69) is 15.4 Å². The van der Waals surface area contributed by atoms with E-state index in [0.29, 0.717) is 32.3 Å². The molecule has 0 unspecified atom stereocenters. The maximum Gasteiger partial charge on any atom is 0.295 e. The molecule has 3 aromatic carbocycles. The molecule has 0 bridgehead atoms. The Kier molecular flexibility index (Phi) is 6.01. The summed E-state index contributed by atoms with van der Waals surface area (Å²) in [4.78, 5) is 17.4. The van der Waals surface area contributed by atoms with Crippen LogP contribution < -0.4 is 5.32 Å². The third-order valence-corrected chi connectivity index (χ3v) is 5.60. The molecule has 31 heavy (non-hydrogen) atoms. The molecule has 1 aromatic heterocycles. The highest BCUT2D eigenvalue weighted by atomic mass is 35.5. The molecule has 4 aromatic rings. The number of carbonyl (C=O) groups is 1. The summed E-state index contributed by atoms with van der Waals surface area (Å²) >= 11 is 18.6. The van der Waals surface area contributed by atoms with Crippen molar-refractivity contribution in [1.29, 1.82) is 0 Å². The van der Waals surface area contributed by atoms with Crippen LogP contribution in [0.2, 0.25) is 15.1 Å². The highest BCUT2D eigenvalue weighted by Crippen LogP contribution is 2.27. The van der Waals surface area contributed by atoms with Gasteiger partial charge >= 0.3 is 0 Å². The fourth-order valence-electron chi connectivity index (χ4n) is 3.06. The number of hydrogen-bond donors (Lipinski definition) is 1. The van der Waals surface area contributed by atoms with E-state index < -0.39 is 5.91 Å². The molecule has 4 rings (SSSR count). The van der Waals surface area contributed by atoms with Gasteiger partial charge in [-0.15, -0.1) is 5.10 Å². The first kappa shape index (κ1) is 21.4. The van der Waals surface area contributed by atoms with Gasteiger partial charge in [0, 0.05) is 26.3 Å². The van der Waals surface area contributed by atoms with Crippen LogP contribution in [0.3, 0.4) is 0 Å². The fraction of sp³-hybridized carbons (Fsp3) is 0.0870. The lowest BCUT2D eigenvalue weighted by Crippen LogP contribution is -2.14. The minimum absolute atomic E-state index is 0.00560. The zero-order valence-electron chi connectivity index (χ0n) is 16.7. The largest absolute Gasteiger partial charge is 0.319 e. The van der Waals surface area contributed by atoms with Gasteiger partial charge in [-0.1, -0.05) is 59.1 Å². The molecular weight excluding hydrogens is 455 g/mol. The summed E-state index contributed by atoms with van der Waals surface area (Å²) in [5.74, 6) is 0.0210. The molecule has 1 heterocycles. The maximum atomic E-state index is 12.9. The number of anilines is 1. The normalized spacial score (nSPS) is 10.9. The Hall–Kier alpha value is -2.86. The zero-order valence-corrected chi connectivity index (χ0v) is 18.9. The van der Waals surface area contributed by atoms with E-state index in [9.17, 15) is 4.79 Å². The van der Waals surface area contributed by atoms with Crippen LogP contribution in [0.25, 0.3) is 17.1 Å². The predicted molar refractivity (Wildman–Crippen MR) is 126 cm³/mol. The van der Waals surface area contributed by atoms with E-state index in [1.807, 2.05) is 38.1 Å². The highest BCUT2D eigenvalue weighted by molar-refractivity contribution is 6.32. The minimum Gasteiger partial charge on any atom is -0.319 e. The number of halogens is 3. The predicted octanol–water partition coefficient (Wildman–Crippen LogP) is 6.76. The molecule has 0 atom stereocenters. The Morgan fingerprint density at radius 3 is 2.39 bits per heavy atom. The summed E-state index contributed by atoms with van der Waals surface area (Å²) in [6.07, 6.45) is 0. The van der Waals surface area contributed by atoms with Crippen LogP contribution >= 0.6 is 34.8 Å². The van der Waals surface area contributed by atoms with Gasteiger partial charge in [0.25, 0.3) is 5.91 Å². The van der Waals surface area contributed by atoms with Crippen LogP contribution in [-0.4, -0.2) is 20.7 Å². The van der Waals surface area contributed by atoms with Crippen molar-refractivity contribution in [2.45, 2.75) is 13.8 Å². The molecule has 0 radical (unpaired) electrons. The number of amides is 1. The fourth-order valence-corrected chi connectivity index (χ4v) is 3.60. The molecule has 156 valence electrons. The molecular formula is C23H17Cl3N4O. The van der Waals surface area contributed by atoms with Gasteiger partial charge in [0.1, 0.15) is 0 Å². The van der Waals surface area contributed by atoms with Gasteiger partial charge in [0.05, 0.1) is 5.69 Å². The topological polar surface area (TPSA) is 59.8 Å². The van der Waals surface area contributed by atoms with Crippen molar-refractivity contribution in [3.05, 3.63) is 92.7 Å². The monoisotopic (exact) mass is 470 g/mol. The van der Waals surface area contributed by atoms with Crippen molar-refractivity contribution in [2.75, 3.05) is 5.32 Å². The Bertz CT molecular complexity index is 1300. The number of rotatable bonds is 4. The van der Waals surface area contributed by atoms with Crippen molar-refractivity contribution >= 4 is 46.4 Å². The van der Waals surface area contributed by atoms with Crippen LogP contribution in [0, 0.1) is 13.8 Å². The highest BCUT2D eigenvalue weighted by Gasteiger charge is 2.20. The van der Waals surface area contributed by atoms with Crippen molar-refractivity contribution in [2.24, 2.45) is 0 Å². The lowest BCUT2D eigenvalue weighted by atomic mass is 10.2. The van der Waals surface area contributed by atoms with Crippen molar-refractivity contribution in [1.82, 2.24) is 14.8 Å². The van der Waals surface area contributed by atoms with Gasteiger partial charge in [-0.05, 0) is 61.4 Å². The number of benzene rings is 3. The molecule has 0 fully saturated rings. The van der Waals surface area contributed by atoms with Crippen LogP contribution in [0.15, 0.2) is 60.7 Å². The zero-order chi connectivity index (χ0) is 22.1. The number of nitrogens with one attached hydrogen (secondary N) is 1. The molecule has 0 aliphatic carbocycles. The van der Waals surface area contributed by atoms with Crippen LogP contribution in [0.1, 0.15) is 21.7 Å². The van der Waals surface area contributed by atoms with Crippen molar-refractivity contribution in [3.63, 3.8) is 0 Å². The van der Waals surface area contributed by atoms with E-state index >= 15 is 0 Å². The number of hydrogen-bond acceptors (Lipinski definition) is 3. The molecule has 0 spiro atoms. The molecule has 0 saturated heterocycles. The number of nitrogens with zero attached hydrogens (tertiary/aromatic N) is 3. The summed E-state index contributed by atoms with van der Waals surface area (Å²) in [6, 6.07) is 18.0. The third-order valence-electron chi connectivity index (χ3n) is 4.72. The summed E-state index contributed by atoms with van der Waals surface area (Å²) in [7, 11) is 0. The molecule has 1 N–H and O–H groups in total. The standard InChI is InChI=1S/C23H17Cl3N4O/c1-13-7-9-18(12-19(13)26)27-23(31)21-28-22(15-4-3-5-16(24)10-15)30(29-21)20-11-17(25)8-6-14(20)2/h3-12H,1-2H3,(H,27,31). The van der Waals surface area contributed by atoms with Gasteiger partial charge < -0.3 is 5.32 Å². The smallest absolute Gasteiger partial charge is 0.295 e. The van der Waals surface area contributed by atoms with Crippen LogP contribution in [0.4, 0.5) is 5.69 Å². The van der Waals surface area contributed by atoms with Gasteiger partial charge in [0.2, 0.25) is 5.82 Å². The second kappa shape index (κ2) is 8.71. The summed E-state index contributed by atoms with van der Waals surface area (Å²) in [6.45, 7) is 3.82. The molecule has 0 saturated carbocycles. The van der Waals surface area contributed by atoms with Gasteiger partial charge in [-0.3, -0.25) is 4.79 Å². The lowest BCUT2D eigenvalue weighted by Gasteiger charge is -2.09. The molecule has 8 heteroatoms. The average Bonchev–Trinajstić information content (AvgIpc) is 3.18. The molecule has 0 aliphatic rings. The Morgan fingerprint density at radius 1 is 0.903 bits per heavy atom. The Morgan fingerprint density at radius 2 is 1.65 bits per heavy atom. The van der Waals surface area contributed by atoms with E-state index in [1.54, 1.807) is 41.1 Å². The lowest BCUT2D eigenvalue weighted by molar-refractivity contribution is 0.101. The summed E-state index contributed by atoms with van der Waals surface area (Å²) in [5.41, 5.74) is 3.83. The van der Waals surface area contributed by atoms with Crippen LogP contribution in [-0.2, 0) is 0 Å². The first-order chi connectivity index (χ1) is 14.8. The van der Waals surface area contributed by atoms with Gasteiger partial charge in [-0.25, -0.2) is 9.67 Å². The summed E-state index contributed by atoms with van der Waals surface area (Å²) in [5, 5.41) is 8.94. The quantitative estimate of drug-likeness (QED) is 0.357. The summed E-state index contributed by atoms with van der Waals surface area (Å²) < 4.78 is 1.60. The Balaban J connectivity index is 1.80. The average molecular weight is 472 g/mol. The molecule has 5 nitrogen and oxygen atoms in total. The second-order valence-corrected chi connectivity index (χ2v) is 8.31. The molecule has 1 amide bonds. The Labute approximate surface area is 194 Å². The second-order valence-electron chi connectivity index (χ2n) is 7.03. The van der Waals surface area contributed by atoms with Crippen molar-refractivity contribution < 1.29 is 4.79 Å². The van der Waals surface area contributed by atoms with Crippen LogP contribution in [0.5, 0.6) is 0 Å². The maximum absolute atomic E-state index is 12.9. The number of aryl methyl sites for hydroxylation is 2.